The number of halogens is 2. The van der Waals surface area contributed by atoms with Crippen LogP contribution in [0.1, 0.15) is 24.4 Å². The summed E-state index contributed by atoms with van der Waals surface area (Å²) in [5.41, 5.74) is 0.874. The summed E-state index contributed by atoms with van der Waals surface area (Å²) in [6.07, 6.45) is 2.35. The SMILES string of the molecule is OCC(NC1CC1)c1cc(Cl)ccc1Cl. The quantitative estimate of drug-likeness (QED) is 0.856. The van der Waals surface area contributed by atoms with Gasteiger partial charge in [0, 0.05) is 16.1 Å². The summed E-state index contributed by atoms with van der Waals surface area (Å²) in [6.45, 7) is 0.0383. The molecule has 0 radical (unpaired) electrons. The van der Waals surface area contributed by atoms with Crippen molar-refractivity contribution in [2.75, 3.05) is 6.61 Å². The van der Waals surface area contributed by atoms with E-state index in [1.807, 2.05) is 0 Å². The van der Waals surface area contributed by atoms with Crippen LogP contribution in [0.25, 0.3) is 0 Å². The highest BCUT2D eigenvalue weighted by Gasteiger charge is 2.25. The van der Waals surface area contributed by atoms with Gasteiger partial charge >= 0.3 is 0 Å². The van der Waals surface area contributed by atoms with Gasteiger partial charge in [0.1, 0.15) is 0 Å². The predicted molar refractivity (Wildman–Crippen MR) is 62.4 cm³/mol. The van der Waals surface area contributed by atoms with Gasteiger partial charge in [-0.3, -0.25) is 0 Å². The standard InChI is InChI=1S/C11H13Cl2NO/c12-7-1-4-10(13)9(5-7)11(6-15)14-8-2-3-8/h1,4-5,8,11,14-15H,2-3,6H2. The number of rotatable bonds is 4. The minimum atomic E-state index is -0.108. The summed E-state index contributed by atoms with van der Waals surface area (Å²) in [5.74, 6) is 0. The fourth-order valence-corrected chi connectivity index (χ4v) is 1.99. The zero-order valence-corrected chi connectivity index (χ0v) is 9.72. The summed E-state index contributed by atoms with van der Waals surface area (Å²) < 4.78 is 0. The van der Waals surface area contributed by atoms with Gasteiger partial charge in [0.25, 0.3) is 0 Å². The Hall–Kier alpha value is -0.280. The van der Waals surface area contributed by atoms with Crippen LogP contribution in [-0.4, -0.2) is 17.8 Å². The summed E-state index contributed by atoms with van der Waals surface area (Å²) in [5, 5.41) is 13.9. The maximum absolute atomic E-state index is 9.31. The van der Waals surface area contributed by atoms with E-state index < -0.39 is 0 Å². The lowest BCUT2D eigenvalue weighted by molar-refractivity contribution is 0.243. The molecule has 0 saturated heterocycles. The fraction of sp³-hybridized carbons (Fsp3) is 0.455. The lowest BCUT2D eigenvalue weighted by Crippen LogP contribution is -2.26. The monoisotopic (exact) mass is 245 g/mol. The molecule has 1 saturated carbocycles. The van der Waals surface area contributed by atoms with Gasteiger partial charge in [-0.25, -0.2) is 0 Å². The van der Waals surface area contributed by atoms with Gasteiger partial charge in [-0.2, -0.15) is 0 Å². The van der Waals surface area contributed by atoms with Gasteiger partial charge in [-0.15, -0.1) is 0 Å². The maximum Gasteiger partial charge on any atom is 0.0627 e. The lowest BCUT2D eigenvalue weighted by atomic mass is 10.1. The van der Waals surface area contributed by atoms with Crippen molar-refractivity contribution in [1.29, 1.82) is 0 Å². The van der Waals surface area contributed by atoms with Crippen LogP contribution in [0.2, 0.25) is 10.0 Å². The third-order valence-corrected chi connectivity index (χ3v) is 3.11. The van der Waals surface area contributed by atoms with E-state index in [1.54, 1.807) is 18.2 Å². The molecule has 1 unspecified atom stereocenters. The summed E-state index contributed by atoms with van der Waals surface area (Å²) >= 11 is 12.0. The summed E-state index contributed by atoms with van der Waals surface area (Å²) in [6, 6.07) is 5.73. The molecule has 1 aliphatic carbocycles. The molecule has 4 heteroatoms. The van der Waals surface area contributed by atoms with Crippen molar-refractivity contribution in [1.82, 2.24) is 5.32 Å². The minimum Gasteiger partial charge on any atom is -0.394 e. The zero-order valence-electron chi connectivity index (χ0n) is 8.21. The highest BCUT2D eigenvalue weighted by Crippen LogP contribution is 2.29. The third kappa shape index (κ3) is 2.85. The van der Waals surface area contributed by atoms with Gasteiger partial charge in [0.05, 0.1) is 12.6 Å². The topological polar surface area (TPSA) is 32.3 Å². The lowest BCUT2D eigenvalue weighted by Gasteiger charge is -2.17. The molecule has 1 aliphatic rings. The first-order valence-electron chi connectivity index (χ1n) is 5.02. The Labute approximate surface area is 99.2 Å². The van der Waals surface area contributed by atoms with Crippen molar-refractivity contribution in [3.8, 4) is 0 Å². The molecule has 15 heavy (non-hydrogen) atoms. The first-order chi connectivity index (χ1) is 7.20. The van der Waals surface area contributed by atoms with Crippen LogP contribution < -0.4 is 5.32 Å². The van der Waals surface area contributed by atoms with Crippen LogP contribution in [0, 0.1) is 0 Å². The fourth-order valence-electron chi connectivity index (χ4n) is 1.56. The molecule has 0 bridgehead atoms. The van der Waals surface area contributed by atoms with E-state index in [1.165, 1.54) is 12.8 Å². The van der Waals surface area contributed by atoms with Crippen molar-refractivity contribution < 1.29 is 5.11 Å². The van der Waals surface area contributed by atoms with Crippen molar-refractivity contribution in [2.45, 2.75) is 24.9 Å². The molecule has 2 rings (SSSR count). The highest BCUT2D eigenvalue weighted by molar-refractivity contribution is 6.33. The van der Waals surface area contributed by atoms with Crippen LogP contribution in [0.3, 0.4) is 0 Å². The number of benzene rings is 1. The molecular formula is C11H13Cl2NO. The summed E-state index contributed by atoms with van der Waals surface area (Å²) in [7, 11) is 0. The third-order valence-electron chi connectivity index (χ3n) is 2.53. The average Bonchev–Trinajstić information content (AvgIpc) is 3.02. The zero-order chi connectivity index (χ0) is 10.8. The van der Waals surface area contributed by atoms with E-state index in [2.05, 4.69) is 5.32 Å². The number of aliphatic hydroxyl groups is 1. The van der Waals surface area contributed by atoms with E-state index in [-0.39, 0.29) is 12.6 Å². The van der Waals surface area contributed by atoms with Crippen molar-refractivity contribution >= 4 is 23.2 Å². The maximum atomic E-state index is 9.31. The Balaban J connectivity index is 2.19. The van der Waals surface area contributed by atoms with E-state index in [0.29, 0.717) is 16.1 Å². The molecule has 2 nitrogen and oxygen atoms in total. The Morgan fingerprint density at radius 1 is 1.40 bits per heavy atom. The Kier molecular flexibility index (Phi) is 3.52. The van der Waals surface area contributed by atoms with Crippen LogP contribution in [-0.2, 0) is 0 Å². The Bertz CT molecular complexity index is 352. The molecule has 0 heterocycles. The predicted octanol–water partition coefficient (Wildman–Crippen LogP) is 2.78. The molecule has 1 atom stereocenters. The Morgan fingerprint density at radius 2 is 2.13 bits per heavy atom. The molecule has 0 spiro atoms. The van der Waals surface area contributed by atoms with Crippen LogP contribution in [0.4, 0.5) is 0 Å². The van der Waals surface area contributed by atoms with Gasteiger partial charge in [0.15, 0.2) is 0 Å². The van der Waals surface area contributed by atoms with E-state index >= 15 is 0 Å². The van der Waals surface area contributed by atoms with Gasteiger partial charge in [-0.05, 0) is 36.6 Å². The largest absolute Gasteiger partial charge is 0.394 e. The van der Waals surface area contributed by atoms with Crippen molar-refractivity contribution in [3.05, 3.63) is 33.8 Å². The Morgan fingerprint density at radius 3 is 2.73 bits per heavy atom. The molecule has 1 aromatic carbocycles. The molecule has 0 aromatic heterocycles. The van der Waals surface area contributed by atoms with Crippen LogP contribution in [0.15, 0.2) is 18.2 Å². The molecule has 82 valence electrons. The first kappa shape index (κ1) is 11.2. The average molecular weight is 246 g/mol. The second kappa shape index (κ2) is 4.71. The molecule has 0 aliphatic heterocycles. The van der Waals surface area contributed by atoms with E-state index in [4.69, 9.17) is 23.2 Å². The van der Waals surface area contributed by atoms with Gasteiger partial charge in [-0.1, -0.05) is 23.2 Å². The minimum absolute atomic E-state index is 0.0383. The van der Waals surface area contributed by atoms with Crippen molar-refractivity contribution in [3.63, 3.8) is 0 Å². The molecule has 0 amide bonds. The van der Waals surface area contributed by atoms with E-state index in [0.717, 1.165) is 5.56 Å². The number of nitrogens with one attached hydrogen (secondary N) is 1. The highest BCUT2D eigenvalue weighted by atomic mass is 35.5. The number of hydrogen-bond donors (Lipinski definition) is 2. The normalized spacial score (nSPS) is 17.8. The smallest absolute Gasteiger partial charge is 0.0627 e. The number of aliphatic hydroxyl groups excluding tert-OH is 1. The van der Waals surface area contributed by atoms with Gasteiger partial charge in [0.2, 0.25) is 0 Å². The second-order valence-electron chi connectivity index (χ2n) is 3.84. The second-order valence-corrected chi connectivity index (χ2v) is 4.69. The van der Waals surface area contributed by atoms with Crippen molar-refractivity contribution in [2.24, 2.45) is 0 Å². The molecular weight excluding hydrogens is 233 g/mol. The van der Waals surface area contributed by atoms with Crippen LogP contribution >= 0.6 is 23.2 Å². The molecule has 1 aromatic rings. The first-order valence-corrected chi connectivity index (χ1v) is 5.78. The van der Waals surface area contributed by atoms with E-state index in [9.17, 15) is 5.11 Å². The van der Waals surface area contributed by atoms with Gasteiger partial charge < -0.3 is 10.4 Å². The summed E-state index contributed by atoms with van der Waals surface area (Å²) in [4.78, 5) is 0. The molecule has 2 N–H and O–H groups in total. The van der Waals surface area contributed by atoms with Crippen LogP contribution in [0.5, 0.6) is 0 Å². The number of hydrogen-bond acceptors (Lipinski definition) is 2. The molecule has 1 fully saturated rings.